The fourth-order valence-electron chi connectivity index (χ4n) is 1.57. The van der Waals surface area contributed by atoms with E-state index in [2.05, 4.69) is 4.98 Å². The van der Waals surface area contributed by atoms with Gasteiger partial charge in [-0.25, -0.2) is 4.98 Å². The molecule has 1 aromatic rings. The van der Waals surface area contributed by atoms with Crippen LogP contribution in [0, 0.1) is 17.2 Å². The second kappa shape index (κ2) is 5.97. The lowest BCUT2D eigenvalue weighted by Gasteiger charge is -2.19. The fourth-order valence-corrected chi connectivity index (χ4v) is 1.57. The fraction of sp³-hybridized carbons (Fsp3) is 0.417. The van der Waals surface area contributed by atoms with Crippen LogP contribution >= 0.6 is 0 Å². The second-order valence-electron chi connectivity index (χ2n) is 4.06. The van der Waals surface area contributed by atoms with E-state index < -0.39 is 11.9 Å². The number of carbonyl (C=O) groups is 1. The Morgan fingerprint density at radius 1 is 1.71 bits per heavy atom. The number of aliphatic carboxylic acids is 1. The first kappa shape index (κ1) is 13.1. The number of pyridine rings is 1. The Morgan fingerprint density at radius 2 is 2.41 bits per heavy atom. The highest BCUT2D eigenvalue weighted by Gasteiger charge is 2.14. The Hall–Kier alpha value is -1.93. The maximum atomic E-state index is 10.7. The molecule has 1 aromatic heterocycles. The highest BCUT2D eigenvalue weighted by Crippen LogP contribution is 2.08. The average molecular weight is 233 g/mol. The molecule has 0 fully saturated rings. The molecule has 0 bridgehead atoms. The number of carboxylic acid groups (broad SMARTS) is 1. The van der Waals surface area contributed by atoms with Gasteiger partial charge >= 0.3 is 5.97 Å². The first-order valence-corrected chi connectivity index (χ1v) is 5.30. The van der Waals surface area contributed by atoms with Crippen LogP contribution in [0.2, 0.25) is 0 Å². The van der Waals surface area contributed by atoms with Crippen LogP contribution in [0.5, 0.6) is 0 Å². The lowest BCUT2D eigenvalue weighted by Crippen LogP contribution is -2.28. The van der Waals surface area contributed by atoms with Crippen molar-refractivity contribution in [3.8, 4) is 6.07 Å². The van der Waals surface area contributed by atoms with E-state index in [1.165, 1.54) is 0 Å². The van der Waals surface area contributed by atoms with Gasteiger partial charge in [-0.05, 0) is 13.1 Å². The minimum atomic E-state index is -0.816. The summed E-state index contributed by atoms with van der Waals surface area (Å²) in [5.74, 6) is -1.24. The van der Waals surface area contributed by atoms with Gasteiger partial charge in [0.15, 0.2) is 0 Å². The maximum Gasteiger partial charge on any atom is 0.307 e. The predicted octanol–water partition coefficient (Wildman–Crippen LogP) is 1.11. The van der Waals surface area contributed by atoms with Crippen molar-refractivity contribution in [1.29, 1.82) is 5.26 Å². The molecule has 1 unspecified atom stereocenters. The van der Waals surface area contributed by atoms with Gasteiger partial charge < -0.3 is 10.0 Å². The monoisotopic (exact) mass is 233 g/mol. The Kier molecular flexibility index (Phi) is 4.61. The Balaban J connectivity index is 2.65. The van der Waals surface area contributed by atoms with Crippen LogP contribution in [0.3, 0.4) is 0 Å². The van der Waals surface area contributed by atoms with Gasteiger partial charge in [-0.1, -0.05) is 13.0 Å². The van der Waals surface area contributed by atoms with Crippen molar-refractivity contribution in [2.45, 2.75) is 13.5 Å². The summed E-state index contributed by atoms with van der Waals surface area (Å²) in [6.07, 6.45) is 1.57. The first-order chi connectivity index (χ1) is 8.04. The molecule has 0 amide bonds. The van der Waals surface area contributed by atoms with Gasteiger partial charge in [-0.15, -0.1) is 0 Å². The van der Waals surface area contributed by atoms with Crippen LogP contribution in [0.4, 0.5) is 0 Å². The van der Waals surface area contributed by atoms with E-state index in [0.29, 0.717) is 18.8 Å². The summed E-state index contributed by atoms with van der Waals surface area (Å²) in [6.45, 7) is 2.62. The van der Waals surface area contributed by atoms with Gasteiger partial charge in [-0.2, -0.15) is 5.26 Å². The van der Waals surface area contributed by atoms with E-state index >= 15 is 0 Å². The second-order valence-corrected chi connectivity index (χ2v) is 4.06. The molecule has 17 heavy (non-hydrogen) atoms. The number of carboxylic acids is 1. The lowest BCUT2D eigenvalue weighted by molar-refractivity contribution is -0.141. The van der Waals surface area contributed by atoms with E-state index in [-0.39, 0.29) is 0 Å². The number of hydrogen-bond acceptors (Lipinski definition) is 4. The van der Waals surface area contributed by atoms with Crippen molar-refractivity contribution in [1.82, 2.24) is 9.88 Å². The van der Waals surface area contributed by atoms with Crippen LogP contribution < -0.4 is 0 Å². The first-order valence-electron chi connectivity index (χ1n) is 5.30. The zero-order chi connectivity index (χ0) is 12.8. The van der Waals surface area contributed by atoms with Crippen molar-refractivity contribution in [2.75, 3.05) is 13.6 Å². The SMILES string of the molecule is CC(CN(C)Cc1cccnc1C#N)C(=O)O. The van der Waals surface area contributed by atoms with E-state index in [1.807, 2.05) is 24.1 Å². The van der Waals surface area contributed by atoms with Gasteiger partial charge in [0.1, 0.15) is 11.8 Å². The van der Waals surface area contributed by atoms with Gasteiger partial charge in [0.25, 0.3) is 0 Å². The molecule has 0 saturated heterocycles. The molecule has 1 N–H and O–H groups in total. The van der Waals surface area contributed by atoms with Crippen LogP contribution in [-0.4, -0.2) is 34.6 Å². The Morgan fingerprint density at radius 3 is 3.00 bits per heavy atom. The predicted molar refractivity (Wildman–Crippen MR) is 62.1 cm³/mol. The third kappa shape index (κ3) is 3.85. The molecule has 0 spiro atoms. The zero-order valence-electron chi connectivity index (χ0n) is 9.92. The Labute approximate surface area is 100 Å². The van der Waals surface area contributed by atoms with E-state index in [1.54, 1.807) is 19.2 Å². The van der Waals surface area contributed by atoms with E-state index in [0.717, 1.165) is 5.56 Å². The van der Waals surface area contributed by atoms with Gasteiger partial charge in [-0.3, -0.25) is 4.79 Å². The molecule has 5 heteroatoms. The number of rotatable bonds is 5. The summed E-state index contributed by atoms with van der Waals surface area (Å²) >= 11 is 0. The normalized spacial score (nSPS) is 12.1. The molecule has 0 aliphatic rings. The molecule has 1 heterocycles. The van der Waals surface area contributed by atoms with Crippen molar-refractivity contribution in [3.63, 3.8) is 0 Å². The number of hydrogen-bond donors (Lipinski definition) is 1. The number of nitrogens with zero attached hydrogens (tertiary/aromatic N) is 3. The van der Waals surface area contributed by atoms with Crippen LogP contribution in [-0.2, 0) is 11.3 Å². The summed E-state index contributed by atoms with van der Waals surface area (Å²) in [7, 11) is 1.83. The molecular formula is C12H15N3O2. The Bertz CT molecular complexity index is 440. The van der Waals surface area contributed by atoms with Gasteiger partial charge in [0.2, 0.25) is 0 Å². The summed E-state index contributed by atoms with van der Waals surface area (Å²) < 4.78 is 0. The van der Waals surface area contributed by atoms with Gasteiger partial charge in [0, 0.05) is 24.8 Å². The topological polar surface area (TPSA) is 77.2 Å². The largest absolute Gasteiger partial charge is 0.481 e. The third-order valence-electron chi connectivity index (χ3n) is 2.44. The highest BCUT2D eigenvalue weighted by molar-refractivity contribution is 5.69. The standard InChI is InChI=1S/C12H15N3O2/c1-9(12(16)17)7-15(2)8-10-4-3-5-14-11(10)6-13/h3-5,9H,7-8H2,1-2H3,(H,16,17). The molecule has 0 radical (unpaired) electrons. The molecule has 0 aliphatic heterocycles. The molecule has 90 valence electrons. The summed E-state index contributed by atoms with van der Waals surface area (Å²) in [5, 5.41) is 17.7. The molecule has 1 rings (SSSR count). The van der Waals surface area contributed by atoms with Crippen molar-refractivity contribution in [2.24, 2.45) is 5.92 Å². The average Bonchev–Trinajstić information content (AvgIpc) is 2.29. The van der Waals surface area contributed by atoms with Crippen LogP contribution in [0.25, 0.3) is 0 Å². The van der Waals surface area contributed by atoms with Crippen molar-refractivity contribution >= 4 is 5.97 Å². The minimum absolute atomic E-state index is 0.391. The van der Waals surface area contributed by atoms with E-state index in [9.17, 15) is 4.79 Å². The molecular weight excluding hydrogens is 218 g/mol. The zero-order valence-corrected chi connectivity index (χ0v) is 9.92. The number of nitriles is 1. The summed E-state index contributed by atoms with van der Waals surface area (Å²) in [6, 6.07) is 5.62. The smallest absolute Gasteiger partial charge is 0.307 e. The molecule has 1 atom stereocenters. The molecule has 0 aliphatic carbocycles. The number of aromatic nitrogens is 1. The van der Waals surface area contributed by atoms with Crippen molar-refractivity contribution in [3.05, 3.63) is 29.6 Å². The molecule has 5 nitrogen and oxygen atoms in total. The van der Waals surface area contributed by atoms with Crippen molar-refractivity contribution < 1.29 is 9.90 Å². The molecule has 0 saturated carbocycles. The minimum Gasteiger partial charge on any atom is -0.481 e. The summed E-state index contributed by atoms with van der Waals surface area (Å²) in [5.41, 5.74) is 1.21. The summed E-state index contributed by atoms with van der Waals surface area (Å²) in [4.78, 5) is 16.6. The third-order valence-corrected chi connectivity index (χ3v) is 2.44. The van der Waals surface area contributed by atoms with Crippen LogP contribution in [0.1, 0.15) is 18.2 Å². The lowest BCUT2D eigenvalue weighted by atomic mass is 10.1. The highest BCUT2D eigenvalue weighted by atomic mass is 16.4. The maximum absolute atomic E-state index is 10.7. The molecule has 0 aromatic carbocycles. The van der Waals surface area contributed by atoms with Crippen LogP contribution in [0.15, 0.2) is 18.3 Å². The van der Waals surface area contributed by atoms with Gasteiger partial charge in [0.05, 0.1) is 5.92 Å². The van der Waals surface area contributed by atoms with E-state index in [4.69, 9.17) is 10.4 Å². The quantitative estimate of drug-likeness (QED) is 0.824.